The number of nitro groups is 1. The molecule has 0 saturated carbocycles. The van der Waals surface area contributed by atoms with E-state index in [2.05, 4.69) is 20.7 Å². The molecule has 4 aromatic rings. The predicted octanol–water partition coefficient (Wildman–Crippen LogP) is 4.23. The molecule has 2 aromatic carbocycles. The Morgan fingerprint density at radius 1 is 1.16 bits per heavy atom. The summed E-state index contributed by atoms with van der Waals surface area (Å²) in [6.07, 6.45) is 0. The van der Waals surface area contributed by atoms with Crippen molar-refractivity contribution in [1.82, 2.24) is 14.6 Å². The van der Waals surface area contributed by atoms with E-state index in [1.165, 1.54) is 30.4 Å². The van der Waals surface area contributed by atoms with E-state index in [1.807, 2.05) is 17.5 Å². The van der Waals surface area contributed by atoms with Crippen molar-refractivity contribution in [3.63, 3.8) is 0 Å². The quantitative estimate of drug-likeness (QED) is 0.341. The zero-order valence-electron chi connectivity index (χ0n) is 15.8. The maximum atomic E-state index is 12.5. The summed E-state index contributed by atoms with van der Waals surface area (Å²) in [6, 6.07) is 11.0. The second kappa shape index (κ2) is 8.13. The van der Waals surface area contributed by atoms with Gasteiger partial charge < -0.3 is 5.32 Å². The highest BCUT2D eigenvalue weighted by molar-refractivity contribution is 7.15. The molecule has 2 aromatic heterocycles. The first-order valence-corrected chi connectivity index (χ1v) is 10.0. The van der Waals surface area contributed by atoms with Crippen LogP contribution in [0, 0.1) is 10.1 Å². The number of carbonyl (C=O) groups is 2. The lowest BCUT2D eigenvalue weighted by molar-refractivity contribution is -0.384. The number of aromatic nitrogens is 3. The number of carbonyl (C=O) groups excluding carboxylic acids is 2. The first-order valence-electron chi connectivity index (χ1n) is 8.79. The molecule has 12 heteroatoms. The third-order valence-electron chi connectivity index (χ3n) is 4.21. The van der Waals surface area contributed by atoms with Crippen LogP contribution in [-0.4, -0.2) is 31.3 Å². The largest absolute Gasteiger partial charge is 0.326 e. The smallest absolute Gasteiger partial charge is 0.288 e. The van der Waals surface area contributed by atoms with Crippen molar-refractivity contribution in [3.8, 4) is 11.3 Å². The number of fused-ring (bicyclic) bond motifs is 1. The van der Waals surface area contributed by atoms with Crippen LogP contribution in [0.15, 0.2) is 47.8 Å². The summed E-state index contributed by atoms with van der Waals surface area (Å²) >= 11 is 7.12. The minimum atomic E-state index is -0.659. The lowest BCUT2D eigenvalue weighted by Crippen LogP contribution is -2.13. The van der Waals surface area contributed by atoms with Crippen molar-refractivity contribution in [1.29, 1.82) is 0 Å². The highest BCUT2D eigenvalue weighted by Crippen LogP contribution is 2.28. The Kier molecular flexibility index (Phi) is 5.36. The van der Waals surface area contributed by atoms with E-state index >= 15 is 0 Å². The van der Waals surface area contributed by atoms with Crippen LogP contribution in [0.1, 0.15) is 17.3 Å². The van der Waals surface area contributed by atoms with Gasteiger partial charge in [-0.2, -0.15) is 4.98 Å². The normalized spacial score (nSPS) is 10.8. The van der Waals surface area contributed by atoms with Gasteiger partial charge in [-0.05, 0) is 24.3 Å². The van der Waals surface area contributed by atoms with Gasteiger partial charge in [-0.25, -0.2) is 4.52 Å². The maximum absolute atomic E-state index is 12.5. The van der Waals surface area contributed by atoms with Gasteiger partial charge in [0.15, 0.2) is 0 Å². The van der Waals surface area contributed by atoms with Crippen LogP contribution in [-0.2, 0) is 4.79 Å². The SMILES string of the molecule is CC(=O)Nc1ccc(-c2csc3nc(NC(=O)c4ccc(Cl)c([N+](=O)[O-])c4)nn23)cc1. The first kappa shape index (κ1) is 20.4. The van der Waals surface area contributed by atoms with Crippen LogP contribution in [0.5, 0.6) is 0 Å². The Morgan fingerprint density at radius 3 is 2.58 bits per heavy atom. The number of halogens is 1. The molecule has 0 spiro atoms. The van der Waals surface area contributed by atoms with Gasteiger partial charge in [-0.3, -0.25) is 25.0 Å². The zero-order valence-corrected chi connectivity index (χ0v) is 17.4. The summed E-state index contributed by atoms with van der Waals surface area (Å²) in [4.78, 5) is 38.8. The van der Waals surface area contributed by atoms with Crippen LogP contribution in [0.25, 0.3) is 16.2 Å². The van der Waals surface area contributed by atoms with Crippen LogP contribution in [0.4, 0.5) is 17.3 Å². The molecule has 0 aliphatic carbocycles. The summed E-state index contributed by atoms with van der Waals surface area (Å²) < 4.78 is 1.58. The van der Waals surface area contributed by atoms with E-state index in [0.717, 1.165) is 17.3 Å². The summed E-state index contributed by atoms with van der Waals surface area (Å²) in [6.45, 7) is 1.43. The summed E-state index contributed by atoms with van der Waals surface area (Å²) in [5, 5.41) is 22.4. The molecule has 0 unspecified atom stereocenters. The van der Waals surface area contributed by atoms with Crippen molar-refractivity contribution in [2.45, 2.75) is 6.92 Å². The van der Waals surface area contributed by atoms with E-state index in [9.17, 15) is 19.7 Å². The topological polar surface area (TPSA) is 132 Å². The Morgan fingerprint density at radius 2 is 1.90 bits per heavy atom. The van der Waals surface area contributed by atoms with Crippen LogP contribution < -0.4 is 10.6 Å². The number of anilines is 2. The van der Waals surface area contributed by atoms with Crippen LogP contribution in [0.3, 0.4) is 0 Å². The molecule has 2 heterocycles. The maximum Gasteiger partial charge on any atom is 0.288 e. The van der Waals surface area contributed by atoms with Crippen molar-refractivity contribution < 1.29 is 14.5 Å². The van der Waals surface area contributed by atoms with Gasteiger partial charge in [0.25, 0.3) is 17.5 Å². The number of benzene rings is 2. The molecule has 0 atom stereocenters. The average Bonchev–Trinajstić information content (AvgIpc) is 3.28. The molecule has 0 fully saturated rings. The number of nitrogens with zero attached hydrogens (tertiary/aromatic N) is 4. The number of nitrogens with one attached hydrogen (secondary N) is 2. The van der Waals surface area contributed by atoms with E-state index in [0.29, 0.717) is 10.6 Å². The number of thiazole rings is 1. The Labute approximate surface area is 183 Å². The van der Waals surface area contributed by atoms with E-state index in [1.54, 1.807) is 16.6 Å². The fourth-order valence-corrected chi connectivity index (χ4v) is 3.85. The van der Waals surface area contributed by atoms with Gasteiger partial charge in [-0.15, -0.1) is 16.4 Å². The molecule has 2 amide bonds. The van der Waals surface area contributed by atoms with Crippen molar-refractivity contribution in [3.05, 3.63) is 68.5 Å². The second-order valence-electron chi connectivity index (χ2n) is 6.39. The molecule has 2 N–H and O–H groups in total. The third-order valence-corrected chi connectivity index (χ3v) is 5.35. The van der Waals surface area contributed by atoms with Gasteiger partial charge in [0.05, 0.1) is 10.6 Å². The molecule has 4 rings (SSSR count). The first-order chi connectivity index (χ1) is 14.8. The van der Waals surface area contributed by atoms with E-state index < -0.39 is 10.8 Å². The predicted molar refractivity (Wildman–Crippen MR) is 117 cm³/mol. The van der Waals surface area contributed by atoms with Gasteiger partial charge in [0, 0.05) is 35.2 Å². The molecule has 10 nitrogen and oxygen atoms in total. The fraction of sp³-hybridized carbons (Fsp3) is 0.0526. The Bertz CT molecular complexity index is 1330. The molecule has 0 aliphatic heterocycles. The summed E-state index contributed by atoms with van der Waals surface area (Å²) in [5.41, 5.74) is 1.97. The third kappa shape index (κ3) is 4.22. The molecule has 0 saturated heterocycles. The van der Waals surface area contributed by atoms with Crippen LogP contribution in [0.2, 0.25) is 5.02 Å². The van der Waals surface area contributed by atoms with Gasteiger partial charge in [0.2, 0.25) is 10.9 Å². The lowest BCUT2D eigenvalue weighted by Gasteiger charge is -2.04. The minimum absolute atomic E-state index is 0.0584. The fourth-order valence-electron chi connectivity index (χ4n) is 2.83. The highest BCUT2D eigenvalue weighted by Gasteiger charge is 2.18. The molecule has 31 heavy (non-hydrogen) atoms. The van der Waals surface area contributed by atoms with E-state index in [-0.39, 0.29) is 28.1 Å². The second-order valence-corrected chi connectivity index (χ2v) is 7.63. The zero-order chi connectivity index (χ0) is 22.1. The number of rotatable bonds is 5. The highest BCUT2D eigenvalue weighted by atomic mass is 35.5. The van der Waals surface area contributed by atoms with Gasteiger partial charge >= 0.3 is 0 Å². The van der Waals surface area contributed by atoms with Gasteiger partial charge in [0.1, 0.15) is 5.02 Å². The Hall–Kier alpha value is -3.83. The number of amides is 2. The van der Waals surface area contributed by atoms with Crippen LogP contribution >= 0.6 is 22.9 Å². The molecule has 0 aliphatic rings. The van der Waals surface area contributed by atoms with Crippen molar-refractivity contribution in [2.75, 3.05) is 10.6 Å². The summed E-state index contributed by atoms with van der Waals surface area (Å²) in [7, 11) is 0. The molecule has 0 radical (unpaired) electrons. The summed E-state index contributed by atoms with van der Waals surface area (Å²) in [5.74, 6) is -0.696. The average molecular weight is 457 g/mol. The standard InChI is InChI=1S/C19H13ClN6O4S/c1-10(27)21-13-5-2-11(3-6-13)16-9-31-19-23-18(24-25(16)19)22-17(28)12-4-7-14(20)15(8-12)26(29)30/h2-9H,1H3,(H,21,27)(H,22,24,28). The number of hydrogen-bond donors (Lipinski definition) is 2. The minimum Gasteiger partial charge on any atom is -0.326 e. The molecule has 156 valence electrons. The van der Waals surface area contributed by atoms with Crippen molar-refractivity contribution >= 4 is 57.0 Å². The van der Waals surface area contributed by atoms with Gasteiger partial charge in [-0.1, -0.05) is 23.7 Å². The molecular formula is C19H13ClN6O4S. The number of hydrogen-bond acceptors (Lipinski definition) is 7. The Balaban J connectivity index is 1.58. The molecule has 0 bridgehead atoms. The lowest BCUT2D eigenvalue weighted by atomic mass is 10.1. The molecular weight excluding hydrogens is 444 g/mol. The number of nitro benzene ring substituents is 1. The monoisotopic (exact) mass is 456 g/mol. The van der Waals surface area contributed by atoms with E-state index in [4.69, 9.17) is 11.6 Å². The van der Waals surface area contributed by atoms with Crippen molar-refractivity contribution in [2.24, 2.45) is 0 Å².